The van der Waals surface area contributed by atoms with Crippen LogP contribution in [0.1, 0.15) is 33.6 Å². The van der Waals surface area contributed by atoms with Crippen LogP contribution in [0.4, 0.5) is 4.79 Å². The summed E-state index contributed by atoms with van der Waals surface area (Å²) in [4.78, 5) is 10.8. The fourth-order valence-corrected chi connectivity index (χ4v) is 0.819. The van der Waals surface area contributed by atoms with E-state index >= 15 is 0 Å². The van der Waals surface area contributed by atoms with Gasteiger partial charge in [-0.1, -0.05) is 19.8 Å². The molecule has 0 spiro atoms. The number of aliphatic hydroxyl groups is 1. The minimum Gasteiger partial charge on any atom is -0.435 e. The Hall–Kier alpha value is -1.21. The highest BCUT2D eigenvalue weighted by atomic mass is 16.7. The third-order valence-corrected chi connectivity index (χ3v) is 1.81. The van der Waals surface area contributed by atoms with Gasteiger partial charge in [0.25, 0.3) is 0 Å². The Labute approximate surface area is 96.9 Å². The molecule has 16 heavy (non-hydrogen) atoms. The molecule has 0 fully saturated rings. The quantitative estimate of drug-likeness (QED) is 0.444. The van der Waals surface area contributed by atoms with Gasteiger partial charge in [0.05, 0.1) is 13.2 Å². The van der Waals surface area contributed by atoms with Crippen LogP contribution in [0.2, 0.25) is 0 Å². The SMILES string of the molecule is CCOC(=O)OCCCC#CC(O)C(C)C. The molecule has 4 nitrogen and oxygen atoms in total. The van der Waals surface area contributed by atoms with Crippen molar-refractivity contribution < 1.29 is 19.4 Å². The third-order valence-electron chi connectivity index (χ3n) is 1.81. The molecular weight excluding hydrogens is 208 g/mol. The summed E-state index contributed by atoms with van der Waals surface area (Å²) in [7, 11) is 0. The second kappa shape index (κ2) is 9.05. The summed E-state index contributed by atoms with van der Waals surface area (Å²) in [5.74, 6) is 5.71. The number of hydrogen-bond acceptors (Lipinski definition) is 4. The summed E-state index contributed by atoms with van der Waals surface area (Å²) >= 11 is 0. The van der Waals surface area contributed by atoms with Gasteiger partial charge in [0.1, 0.15) is 6.10 Å². The van der Waals surface area contributed by atoms with E-state index in [0.717, 1.165) is 0 Å². The van der Waals surface area contributed by atoms with E-state index in [1.165, 1.54) is 0 Å². The van der Waals surface area contributed by atoms with Crippen LogP contribution in [-0.4, -0.2) is 30.6 Å². The van der Waals surface area contributed by atoms with Gasteiger partial charge in [0.15, 0.2) is 0 Å². The zero-order valence-corrected chi connectivity index (χ0v) is 10.2. The third kappa shape index (κ3) is 8.13. The highest BCUT2D eigenvalue weighted by Gasteiger charge is 2.03. The van der Waals surface area contributed by atoms with Crippen LogP contribution in [0, 0.1) is 17.8 Å². The fourth-order valence-electron chi connectivity index (χ4n) is 0.819. The van der Waals surface area contributed by atoms with E-state index in [2.05, 4.69) is 16.6 Å². The summed E-state index contributed by atoms with van der Waals surface area (Å²) in [6, 6.07) is 0. The zero-order chi connectivity index (χ0) is 12.4. The van der Waals surface area contributed by atoms with Crippen molar-refractivity contribution in [1.82, 2.24) is 0 Å². The minimum absolute atomic E-state index is 0.142. The lowest BCUT2D eigenvalue weighted by molar-refractivity contribution is 0.0586. The Morgan fingerprint density at radius 3 is 2.62 bits per heavy atom. The first-order valence-electron chi connectivity index (χ1n) is 5.54. The highest BCUT2D eigenvalue weighted by Crippen LogP contribution is 1.99. The Balaban J connectivity index is 3.49. The van der Waals surface area contributed by atoms with E-state index in [1.807, 2.05) is 13.8 Å². The molecule has 0 aliphatic heterocycles. The van der Waals surface area contributed by atoms with E-state index in [0.29, 0.717) is 26.1 Å². The molecule has 0 amide bonds. The van der Waals surface area contributed by atoms with Crippen LogP contribution in [0.15, 0.2) is 0 Å². The van der Waals surface area contributed by atoms with E-state index in [4.69, 9.17) is 4.74 Å². The normalized spacial score (nSPS) is 11.6. The second-order valence-electron chi connectivity index (χ2n) is 3.64. The van der Waals surface area contributed by atoms with Crippen molar-refractivity contribution >= 4 is 6.16 Å². The fraction of sp³-hybridized carbons (Fsp3) is 0.750. The van der Waals surface area contributed by atoms with Crippen LogP contribution in [-0.2, 0) is 9.47 Å². The topological polar surface area (TPSA) is 55.8 Å². The van der Waals surface area contributed by atoms with Gasteiger partial charge < -0.3 is 14.6 Å². The Kier molecular flexibility index (Phi) is 8.36. The van der Waals surface area contributed by atoms with Gasteiger partial charge in [-0.2, -0.15) is 0 Å². The Morgan fingerprint density at radius 2 is 2.06 bits per heavy atom. The average Bonchev–Trinajstić information content (AvgIpc) is 2.23. The summed E-state index contributed by atoms with van der Waals surface area (Å²) in [6.07, 6.45) is 0.0310. The second-order valence-corrected chi connectivity index (χ2v) is 3.64. The molecule has 4 heteroatoms. The molecule has 0 aliphatic rings. The largest absolute Gasteiger partial charge is 0.508 e. The van der Waals surface area contributed by atoms with Crippen LogP contribution < -0.4 is 0 Å². The summed E-state index contributed by atoms with van der Waals surface area (Å²) in [5, 5.41) is 9.36. The predicted molar refractivity (Wildman–Crippen MR) is 60.8 cm³/mol. The Bertz CT molecular complexity index is 249. The van der Waals surface area contributed by atoms with Gasteiger partial charge in [0, 0.05) is 6.42 Å². The molecule has 0 bridgehead atoms. The van der Waals surface area contributed by atoms with Gasteiger partial charge in [0.2, 0.25) is 0 Å². The Morgan fingerprint density at radius 1 is 1.38 bits per heavy atom. The van der Waals surface area contributed by atoms with Crippen LogP contribution in [0.3, 0.4) is 0 Å². The number of ether oxygens (including phenoxy) is 2. The first-order chi connectivity index (χ1) is 7.57. The first-order valence-corrected chi connectivity index (χ1v) is 5.54. The molecule has 1 unspecified atom stereocenters. The van der Waals surface area contributed by atoms with Crippen molar-refractivity contribution in [2.45, 2.75) is 39.7 Å². The van der Waals surface area contributed by atoms with E-state index in [1.54, 1.807) is 6.92 Å². The summed E-state index contributed by atoms with van der Waals surface area (Å²) < 4.78 is 9.33. The van der Waals surface area contributed by atoms with Crippen molar-refractivity contribution in [1.29, 1.82) is 0 Å². The molecular formula is C12H20O4. The smallest absolute Gasteiger partial charge is 0.435 e. The molecule has 0 heterocycles. The van der Waals surface area contributed by atoms with Crippen LogP contribution >= 0.6 is 0 Å². The molecule has 0 aromatic carbocycles. The average molecular weight is 228 g/mol. The summed E-state index contributed by atoms with van der Waals surface area (Å²) in [5.41, 5.74) is 0. The van der Waals surface area contributed by atoms with Crippen molar-refractivity contribution in [2.75, 3.05) is 13.2 Å². The lowest BCUT2D eigenvalue weighted by Gasteiger charge is -2.05. The van der Waals surface area contributed by atoms with E-state index in [-0.39, 0.29) is 5.92 Å². The van der Waals surface area contributed by atoms with Gasteiger partial charge >= 0.3 is 6.16 Å². The molecule has 92 valence electrons. The maximum Gasteiger partial charge on any atom is 0.508 e. The molecule has 0 radical (unpaired) electrons. The summed E-state index contributed by atoms with van der Waals surface area (Å²) in [6.45, 7) is 6.15. The van der Waals surface area contributed by atoms with E-state index < -0.39 is 12.3 Å². The van der Waals surface area contributed by atoms with Gasteiger partial charge in [-0.3, -0.25) is 0 Å². The number of hydrogen-bond donors (Lipinski definition) is 1. The maximum absolute atomic E-state index is 10.8. The number of unbranched alkanes of at least 4 members (excludes halogenated alkanes) is 1. The van der Waals surface area contributed by atoms with Crippen molar-refractivity contribution in [3.8, 4) is 11.8 Å². The van der Waals surface area contributed by atoms with Crippen molar-refractivity contribution in [3.63, 3.8) is 0 Å². The number of aliphatic hydroxyl groups excluding tert-OH is 1. The van der Waals surface area contributed by atoms with Gasteiger partial charge in [-0.15, -0.1) is 5.92 Å². The lowest BCUT2D eigenvalue weighted by Crippen LogP contribution is -2.11. The number of carbonyl (C=O) groups is 1. The van der Waals surface area contributed by atoms with Crippen LogP contribution in [0.25, 0.3) is 0 Å². The minimum atomic E-state index is -0.641. The molecule has 0 saturated heterocycles. The zero-order valence-electron chi connectivity index (χ0n) is 10.2. The first kappa shape index (κ1) is 14.8. The molecule has 0 aromatic heterocycles. The monoisotopic (exact) mass is 228 g/mol. The van der Waals surface area contributed by atoms with Gasteiger partial charge in [-0.25, -0.2) is 4.79 Å². The number of rotatable bonds is 5. The van der Waals surface area contributed by atoms with Crippen molar-refractivity contribution in [2.24, 2.45) is 5.92 Å². The standard InChI is InChI=1S/C12H20O4/c1-4-15-12(14)16-9-7-5-6-8-11(13)10(2)3/h10-11,13H,4-5,7,9H2,1-3H3. The van der Waals surface area contributed by atoms with Gasteiger partial charge in [-0.05, 0) is 19.3 Å². The molecule has 0 saturated carbocycles. The molecule has 0 rings (SSSR count). The molecule has 0 aliphatic carbocycles. The van der Waals surface area contributed by atoms with E-state index in [9.17, 15) is 9.90 Å². The predicted octanol–water partition coefficient (Wildman–Crippen LogP) is 1.96. The van der Waals surface area contributed by atoms with Crippen molar-refractivity contribution in [3.05, 3.63) is 0 Å². The maximum atomic E-state index is 10.8. The van der Waals surface area contributed by atoms with Crippen LogP contribution in [0.5, 0.6) is 0 Å². The number of carbonyl (C=O) groups excluding carboxylic acids is 1. The molecule has 1 N–H and O–H groups in total. The molecule has 0 aromatic rings. The highest BCUT2D eigenvalue weighted by molar-refractivity contribution is 5.59. The lowest BCUT2D eigenvalue weighted by atomic mass is 10.1. The molecule has 1 atom stereocenters.